The Morgan fingerprint density at radius 2 is 2.00 bits per heavy atom. The molecule has 0 rings (SSSR count). The van der Waals surface area contributed by atoms with E-state index < -0.39 is 0 Å². The highest BCUT2D eigenvalue weighted by molar-refractivity contribution is 5.87. The third-order valence-corrected chi connectivity index (χ3v) is 1.94. The summed E-state index contributed by atoms with van der Waals surface area (Å²) in [6.45, 7) is 8.11. The number of unbranched alkanes of at least 4 members (excludes halogenated alkanes) is 1. The van der Waals surface area contributed by atoms with Gasteiger partial charge < -0.3 is 0 Å². The van der Waals surface area contributed by atoms with Crippen molar-refractivity contribution in [3.8, 4) is 0 Å². The molecule has 0 unspecified atom stereocenters. The van der Waals surface area contributed by atoms with Crippen LogP contribution in [0.1, 0.15) is 47.0 Å². The Hall–Kier alpha value is -0.590. The maximum atomic E-state index is 10.7. The lowest BCUT2D eigenvalue weighted by Gasteiger charge is -2.19. The van der Waals surface area contributed by atoms with Crippen molar-refractivity contribution in [1.29, 1.82) is 0 Å². The van der Waals surface area contributed by atoms with Gasteiger partial charge in [-0.2, -0.15) is 0 Å². The Kier molecular flexibility index (Phi) is 4.87. The normalized spacial score (nSPS) is 12.3. The van der Waals surface area contributed by atoms with Gasteiger partial charge in [0.25, 0.3) is 0 Å². The van der Waals surface area contributed by atoms with Crippen LogP contribution in [0.4, 0.5) is 0 Å². The molecule has 0 N–H and O–H groups in total. The van der Waals surface area contributed by atoms with Crippen molar-refractivity contribution in [2.24, 2.45) is 5.41 Å². The molecule has 0 aliphatic heterocycles. The summed E-state index contributed by atoms with van der Waals surface area (Å²) in [6, 6.07) is 0. The first-order chi connectivity index (χ1) is 5.48. The lowest BCUT2D eigenvalue weighted by Crippen LogP contribution is -2.07. The van der Waals surface area contributed by atoms with Crippen LogP contribution in [0.25, 0.3) is 0 Å². The molecule has 0 atom stereocenters. The molecular formula is C11H20O. The van der Waals surface area contributed by atoms with Gasteiger partial charge >= 0.3 is 0 Å². The van der Waals surface area contributed by atoms with Crippen molar-refractivity contribution in [3.05, 3.63) is 12.2 Å². The second-order valence-corrected chi connectivity index (χ2v) is 4.04. The highest BCUT2D eigenvalue weighted by atomic mass is 16.1. The Balaban J connectivity index is 3.93. The summed E-state index contributed by atoms with van der Waals surface area (Å²) < 4.78 is 0. The van der Waals surface area contributed by atoms with Gasteiger partial charge in [0.05, 0.1) is 0 Å². The van der Waals surface area contributed by atoms with Crippen LogP contribution in [-0.4, -0.2) is 5.78 Å². The topological polar surface area (TPSA) is 17.1 Å². The second-order valence-electron chi connectivity index (χ2n) is 4.04. The van der Waals surface area contributed by atoms with Gasteiger partial charge in [0.2, 0.25) is 0 Å². The molecule has 0 saturated carbocycles. The van der Waals surface area contributed by atoms with E-state index in [1.54, 1.807) is 13.0 Å². The number of hydrogen-bond donors (Lipinski definition) is 0. The smallest absolute Gasteiger partial charge is 0.152 e. The number of hydrogen-bond acceptors (Lipinski definition) is 1. The largest absolute Gasteiger partial charge is 0.295 e. The number of rotatable bonds is 5. The van der Waals surface area contributed by atoms with Gasteiger partial charge in [0.1, 0.15) is 0 Å². The van der Waals surface area contributed by atoms with Crippen molar-refractivity contribution in [3.63, 3.8) is 0 Å². The van der Waals surface area contributed by atoms with Gasteiger partial charge in [-0.05, 0) is 24.8 Å². The average molecular weight is 168 g/mol. The standard InChI is InChI=1S/C11H20O/c1-5-6-8-11(3,4)9-7-10(2)12/h7,9H,5-6,8H2,1-4H3/b9-7-. The molecule has 0 fully saturated rings. The van der Waals surface area contributed by atoms with Crippen LogP contribution in [-0.2, 0) is 4.79 Å². The molecule has 1 nitrogen and oxygen atoms in total. The van der Waals surface area contributed by atoms with Crippen molar-refractivity contribution in [2.75, 3.05) is 0 Å². The fourth-order valence-corrected chi connectivity index (χ4v) is 1.06. The van der Waals surface area contributed by atoms with Gasteiger partial charge in [-0.15, -0.1) is 0 Å². The van der Waals surface area contributed by atoms with E-state index in [1.165, 1.54) is 12.8 Å². The van der Waals surface area contributed by atoms with Crippen molar-refractivity contribution in [1.82, 2.24) is 0 Å². The molecule has 12 heavy (non-hydrogen) atoms. The van der Waals surface area contributed by atoms with Gasteiger partial charge in [-0.1, -0.05) is 39.7 Å². The fraction of sp³-hybridized carbons (Fsp3) is 0.727. The molecule has 1 heteroatoms. The number of allylic oxidation sites excluding steroid dienone is 2. The van der Waals surface area contributed by atoms with Crippen molar-refractivity contribution in [2.45, 2.75) is 47.0 Å². The van der Waals surface area contributed by atoms with E-state index in [0.717, 1.165) is 6.42 Å². The fourth-order valence-electron chi connectivity index (χ4n) is 1.06. The third kappa shape index (κ3) is 6.14. The Morgan fingerprint density at radius 1 is 1.42 bits per heavy atom. The summed E-state index contributed by atoms with van der Waals surface area (Å²) in [5.41, 5.74) is 0.182. The SMILES string of the molecule is CCCCC(C)(C)/C=C\C(C)=O. The molecule has 0 aliphatic carbocycles. The Morgan fingerprint density at radius 3 is 2.42 bits per heavy atom. The van der Waals surface area contributed by atoms with E-state index in [-0.39, 0.29) is 11.2 Å². The van der Waals surface area contributed by atoms with Crippen LogP contribution < -0.4 is 0 Å². The predicted octanol–water partition coefficient (Wildman–Crippen LogP) is 3.35. The minimum Gasteiger partial charge on any atom is -0.295 e. The summed E-state index contributed by atoms with van der Waals surface area (Å²) in [4.78, 5) is 10.7. The second kappa shape index (κ2) is 5.13. The minimum absolute atomic E-state index is 0.138. The van der Waals surface area contributed by atoms with Crippen molar-refractivity contribution >= 4 is 5.78 Å². The first-order valence-corrected chi connectivity index (χ1v) is 4.68. The predicted molar refractivity (Wildman–Crippen MR) is 53.1 cm³/mol. The maximum Gasteiger partial charge on any atom is 0.152 e. The van der Waals surface area contributed by atoms with E-state index in [2.05, 4.69) is 20.8 Å². The van der Waals surface area contributed by atoms with Gasteiger partial charge in [0, 0.05) is 0 Å². The summed E-state index contributed by atoms with van der Waals surface area (Å²) in [7, 11) is 0. The molecule has 0 saturated heterocycles. The number of carbonyl (C=O) groups excluding carboxylic acids is 1. The highest BCUT2D eigenvalue weighted by Crippen LogP contribution is 2.24. The van der Waals surface area contributed by atoms with Crippen molar-refractivity contribution < 1.29 is 4.79 Å². The summed E-state index contributed by atoms with van der Waals surface area (Å²) in [5, 5.41) is 0. The summed E-state index contributed by atoms with van der Waals surface area (Å²) >= 11 is 0. The van der Waals surface area contributed by atoms with Gasteiger partial charge in [-0.3, -0.25) is 4.79 Å². The van der Waals surface area contributed by atoms with Crippen LogP contribution >= 0.6 is 0 Å². The molecule has 0 aromatic heterocycles. The van der Waals surface area contributed by atoms with E-state index in [1.807, 2.05) is 6.08 Å². The monoisotopic (exact) mass is 168 g/mol. The quantitative estimate of drug-likeness (QED) is 0.575. The van der Waals surface area contributed by atoms with E-state index >= 15 is 0 Å². The Bertz CT molecular complexity index is 166. The zero-order chi connectivity index (χ0) is 9.61. The first kappa shape index (κ1) is 11.4. The van der Waals surface area contributed by atoms with Crippen LogP contribution in [0.15, 0.2) is 12.2 Å². The van der Waals surface area contributed by atoms with E-state index in [4.69, 9.17) is 0 Å². The minimum atomic E-state index is 0.138. The van der Waals surface area contributed by atoms with Crippen LogP contribution in [0.3, 0.4) is 0 Å². The lowest BCUT2D eigenvalue weighted by atomic mass is 9.87. The molecule has 0 spiro atoms. The lowest BCUT2D eigenvalue weighted by molar-refractivity contribution is -0.112. The zero-order valence-corrected chi connectivity index (χ0v) is 8.68. The zero-order valence-electron chi connectivity index (χ0n) is 8.68. The van der Waals surface area contributed by atoms with Gasteiger partial charge in [-0.25, -0.2) is 0 Å². The molecule has 0 amide bonds. The first-order valence-electron chi connectivity index (χ1n) is 4.68. The van der Waals surface area contributed by atoms with Crippen LogP contribution in [0, 0.1) is 5.41 Å². The molecule has 0 heterocycles. The molecule has 0 bridgehead atoms. The number of carbonyl (C=O) groups is 1. The maximum absolute atomic E-state index is 10.7. The molecule has 0 aromatic carbocycles. The van der Waals surface area contributed by atoms with Crippen LogP contribution in [0.2, 0.25) is 0 Å². The van der Waals surface area contributed by atoms with Gasteiger partial charge in [0.15, 0.2) is 5.78 Å². The molecule has 0 aromatic rings. The highest BCUT2D eigenvalue weighted by Gasteiger charge is 2.12. The summed E-state index contributed by atoms with van der Waals surface area (Å²) in [5.74, 6) is 0.138. The van der Waals surface area contributed by atoms with E-state index in [9.17, 15) is 4.79 Å². The third-order valence-electron chi connectivity index (χ3n) is 1.94. The van der Waals surface area contributed by atoms with Crippen LogP contribution in [0.5, 0.6) is 0 Å². The number of ketones is 1. The van der Waals surface area contributed by atoms with E-state index in [0.29, 0.717) is 0 Å². The average Bonchev–Trinajstić information content (AvgIpc) is 1.98. The molecule has 0 aliphatic rings. The summed E-state index contributed by atoms with van der Waals surface area (Å²) in [6.07, 6.45) is 7.31. The molecule has 0 radical (unpaired) electrons. The molecular weight excluding hydrogens is 148 g/mol. The Labute approximate surface area is 75.9 Å². The molecule has 70 valence electrons.